The van der Waals surface area contributed by atoms with Crippen molar-refractivity contribution in [3.63, 3.8) is 0 Å². The van der Waals surface area contributed by atoms with Crippen LogP contribution in [0.15, 0.2) is 24.3 Å². The molecule has 1 fully saturated rings. The summed E-state index contributed by atoms with van der Waals surface area (Å²) < 4.78 is 13.1. The van der Waals surface area contributed by atoms with Crippen LogP contribution >= 0.6 is 0 Å². The fraction of sp³-hybridized carbons (Fsp3) is 0.357. The van der Waals surface area contributed by atoms with Gasteiger partial charge in [-0.1, -0.05) is 12.1 Å². The fourth-order valence-corrected chi connectivity index (χ4v) is 2.18. The number of rotatable bonds is 5. The van der Waals surface area contributed by atoms with Gasteiger partial charge in [0.1, 0.15) is 17.9 Å². The molecule has 0 spiro atoms. The minimum Gasteiger partial charge on any atom is -0.480 e. The summed E-state index contributed by atoms with van der Waals surface area (Å²) in [5.41, 5.74) is 0.471. The van der Waals surface area contributed by atoms with E-state index in [1.165, 1.54) is 18.2 Å². The summed E-state index contributed by atoms with van der Waals surface area (Å²) in [5.74, 6) is -2.44. The van der Waals surface area contributed by atoms with Crippen molar-refractivity contribution in [1.82, 2.24) is 10.6 Å². The Kier molecular flexibility index (Phi) is 4.52. The van der Waals surface area contributed by atoms with Crippen molar-refractivity contribution in [3.05, 3.63) is 35.6 Å². The molecular formula is C14H15FN2O4. The molecule has 1 aromatic carbocycles. The van der Waals surface area contributed by atoms with E-state index >= 15 is 0 Å². The van der Waals surface area contributed by atoms with E-state index in [9.17, 15) is 18.8 Å². The molecule has 1 aliphatic heterocycles. The van der Waals surface area contributed by atoms with Gasteiger partial charge in [0.15, 0.2) is 0 Å². The zero-order valence-corrected chi connectivity index (χ0v) is 11.1. The second kappa shape index (κ2) is 6.34. The molecule has 0 aliphatic carbocycles. The Labute approximate surface area is 120 Å². The highest BCUT2D eigenvalue weighted by Crippen LogP contribution is 2.09. The maximum Gasteiger partial charge on any atom is 0.326 e. The topological polar surface area (TPSA) is 95.5 Å². The zero-order valence-electron chi connectivity index (χ0n) is 11.1. The van der Waals surface area contributed by atoms with E-state index < -0.39 is 29.8 Å². The summed E-state index contributed by atoms with van der Waals surface area (Å²) in [5, 5.41) is 14.0. The first-order chi connectivity index (χ1) is 9.95. The average Bonchev–Trinajstić information content (AvgIpc) is 2.84. The van der Waals surface area contributed by atoms with Crippen molar-refractivity contribution in [2.24, 2.45) is 0 Å². The van der Waals surface area contributed by atoms with Crippen molar-refractivity contribution >= 4 is 17.8 Å². The Balaban J connectivity index is 2.00. The van der Waals surface area contributed by atoms with Gasteiger partial charge in [-0.2, -0.15) is 0 Å². The average molecular weight is 294 g/mol. The van der Waals surface area contributed by atoms with Gasteiger partial charge in [-0.25, -0.2) is 9.18 Å². The Morgan fingerprint density at radius 3 is 2.81 bits per heavy atom. The van der Waals surface area contributed by atoms with Gasteiger partial charge in [-0.15, -0.1) is 0 Å². The lowest BCUT2D eigenvalue weighted by atomic mass is 10.1. The largest absolute Gasteiger partial charge is 0.480 e. The predicted molar refractivity (Wildman–Crippen MR) is 70.8 cm³/mol. The van der Waals surface area contributed by atoms with E-state index in [1.54, 1.807) is 6.07 Å². The summed E-state index contributed by atoms with van der Waals surface area (Å²) >= 11 is 0. The number of halogens is 1. The van der Waals surface area contributed by atoms with Crippen molar-refractivity contribution in [2.75, 3.05) is 0 Å². The SMILES string of the molecule is O=C1CC[C@@H](C(=O)N[C@H](Cc2cccc(F)c2)C(=O)O)N1. The second-order valence-corrected chi connectivity index (χ2v) is 4.89. The molecule has 0 radical (unpaired) electrons. The monoisotopic (exact) mass is 294 g/mol. The third-order valence-corrected chi connectivity index (χ3v) is 3.26. The summed E-state index contributed by atoms with van der Waals surface area (Å²) in [4.78, 5) is 34.2. The van der Waals surface area contributed by atoms with Crippen LogP contribution in [0.5, 0.6) is 0 Å². The van der Waals surface area contributed by atoms with Crippen molar-refractivity contribution in [3.8, 4) is 0 Å². The molecule has 2 rings (SSSR count). The first-order valence-corrected chi connectivity index (χ1v) is 6.52. The van der Waals surface area contributed by atoms with Gasteiger partial charge >= 0.3 is 5.97 Å². The molecule has 1 aliphatic rings. The number of aliphatic carboxylic acids is 1. The third-order valence-electron chi connectivity index (χ3n) is 3.26. The Hall–Kier alpha value is -2.44. The smallest absolute Gasteiger partial charge is 0.326 e. The van der Waals surface area contributed by atoms with Gasteiger partial charge in [0.25, 0.3) is 0 Å². The third kappa shape index (κ3) is 4.01. The Morgan fingerprint density at radius 2 is 2.24 bits per heavy atom. The highest BCUT2D eigenvalue weighted by Gasteiger charge is 2.30. The van der Waals surface area contributed by atoms with Gasteiger partial charge in [0.05, 0.1) is 0 Å². The van der Waals surface area contributed by atoms with Crippen molar-refractivity contribution in [1.29, 1.82) is 0 Å². The molecule has 0 aromatic heterocycles. The number of carbonyl (C=O) groups excluding carboxylic acids is 2. The molecule has 1 heterocycles. The molecule has 7 heteroatoms. The first-order valence-electron chi connectivity index (χ1n) is 6.52. The number of carboxylic acids is 1. The van der Waals surface area contributed by atoms with Crippen molar-refractivity contribution < 1.29 is 23.9 Å². The summed E-state index contributed by atoms with van der Waals surface area (Å²) in [7, 11) is 0. The summed E-state index contributed by atoms with van der Waals surface area (Å²) in [6, 6.07) is 3.67. The molecule has 0 bridgehead atoms. The number of carboxylic acid groups (broad SMARTS) is 1. The van der Waals surface area contributed by atoms with Crippen LogP contribution in [0.4, 0.5) is 4.39 Å². The molecule has 2 atom stereocenters. The summed E-state index contributed by atoms with van der Waals surface area (Å²) in [6.45, 7) is 0. The number of carbonyl (C=O) groups is 3. The van der Waals surface area contributed by atoms with E-state index in [4.69, 9.17) is 5.11 Å². The van der Waals surface area contributed by atoms with Gasteiger partial charge in [-0.3, -0.25) is 9.59 Å². The van der Waals surface area contributed by atoms with E-state index in [2.05, 4.69) is 10.6 Å². The standard InChI is InChI=1S/C14H15FN2O4/c15-9-3-1-2-8(6-9)7-11(14(20)21)17-13(19)10-4-5-12(18)16-10/h1-3,6,10-11H,4-5,7H2,(H,16,18)(H,17,19)(H,20,21)/t10-,11+/m0/s1. The highest BCUT2D eigenvalue weighted by molar-refractivity contribution is 5.92. The van der Waals surface area contributed by atoms with Crippen LogP contribution in [0.3, 0.4) is 0 Å². The lowest BCUT2D eigenvalue weighted by molar-refractivity contribution is -0.142. The maximum atomic E-state index is 13.1. The Morgan fingerprint density at radius 1 is 1.48 bits per heavy atom. The molecule has 3 N–H and O–H groups in total. The second-order valence-electron chi connectivity index (χ2n) is 4.89. The molecular weight excluding hydrogens is 279 g/mol. The normalized spacial score (nSPS) is 18.9. The summed E-state index contributed by atoms with van der Waals surface area (Å²) in [6.07, 6.45) is 0.566. The number of benzene rings is 1. The first kappa shape index (κ1) is 15.0. The minimum atomic E-state index is -1.21. The van der Waals surface area contributed by atoms with Crippen LogP contribution in [0.25, 0.3) is 0 Å². The number of nitrogens with one attached hydrogen (secondary N) is 2. The van der Waals surface area contributed by atoms with E-state index in [1.807, 2.05) is 0 Å². The van der Waals surface area contributed by atoms with Crippen LogP contribution in [-0.2, 0) is 20.8 Å². The van der Waals surface area contributed by atoms with Crippen LogP contribution in [0.1, 0.15) is 18.4 Å². The maximum absolute atomic E-state index is 13.1. The number of hydrogen-bond donors (Lipinski definition) is 3. The molecule has 112 valence electrons. The number of amides is 2. The zero-order chi connectivity index (χ0) is 15.4. The lowest BCUT2D eigenvalue weighted by Crippen LogP contribution is -2.49. The van der Waals surface area contributed by atoms with Crippen LogP contribution < -0.4 is 10.6 Å². The molecule has 0 saturated carbocycles. The Bertz CT molecular complexity index is 576. The van der Waals surface area contributed by atoms with Gasteiger partial charge in [0.2, 0.25) is 11.8 Å². The van der Waals surface area contributed by atoms with E-state index in [0.29, 0.717) is 12.0 Å². The molecule has 1 aromatic rings. The molecule has 1 saturated heterocycles. The predicted octanol–water partition coefficient (Wildman–Crippen LogP) is 0.216. The van der Waals surface area contributed by atoms with Crippen LogP contribution in [0, 0.1) is 5.82 Å². The molecule has 6 nitrogen and oxygen atoms in total. The van der Waals surface area contributed by atoms with Crippen molar-refractivity contribution in [2.45, 2.75) is 31.3 Å². The molecule has 21 heavy (non-hydrogen) atoms. The van der Waals surface area contributed by atoms with Gasteiger partial charge < -0.3 is 15.7 Å². The van der Waals surface area contributed by atoms with Gasteiger partial charge in [-0.05, 0) is 24.1 Å². The molecule has 0 unspecified atom stereocenters. The highest BCUT2D eigenvalue weighted by atomic mass is 19.1. The van der Waals surface area contributed by atoms with E-state index in [-0.39, 0.29) is 18.7 Å². The minimum absolute atomic E-state index is 0.0283. The van der Waals surface area contributed by atoms with E-state index in [0.717, 1.165) is 0 Å². The molecule has 2 amide bonds. The van der Waals surface area contributed by atoms with Crippen LogP contribution in [0.2, 0.25) is 0 Å². The van der Waals surface area contributed by atoms with Crippen LogP contribution in [-0.4, -0.2) is 35.0 Å². The quantitative estimate of drug-likeness (QED) is 0.723. The lowest BCUT2D eigenvalue weighted by Gasteiger charge is -2.17. The number of hydrogen-bond acceptors (Lipinski definition) is 3. The van der Waals surface area contributed by atoms with Gasteiger partial charge in [0, 0.05) is 12.8 Å². The fourth-order valence-electron chi connectivity index (χ4n) is 2.18.